The van der Waals surface area contributed by atoms with Crippen LogP contribution in [0.15, 0.2) is 0 Å². The standard InChI is InChI=1S/C6H10.Y/c1-2-4-6-5-3-1;/h1,4H,2-3,5-6H2;/q-2;. The number of rotatable bonds is 0. The van der Waals surface area contributed by atoms with Crippen molar-refractivity contribution in [1.82, 2.24) is 0 Å². The van der Waals surface area contributed by atoms with Gasteiger partial charge in [0.2, 0.25) is 0 Å². The minimum absolute atomic E-state index is 0. The Kier molecular flexibility index (Phi) is 6.07. The molecule has 1 aliphatic carbocycles. The second kappa shape index (κ2) is 5.24. The van der Waals surface area contributed by atoms with Gasteiger partial charge in [-0.25, -0.2) is 0 Å². The minimum Gasteiger partial charge on any atom is -0.357 e. The van der Waals surface area contributed by atoms with E-state index in [2.05, 4.69) is 12.8 Å². The van der Waals surface area contributed by atoms with E-state index < -0.39 is 0 Å². The van der Waals surface area contributed by atoms with Crippen molar-refractivity contribution in [2.24, 2.45) is 0 Å². The van der Waals surface area contributed by atoms with Crippen LogP contribution in [0.5, 0.6) is 0 Å². The van der Waals surface area contributed by atoms with E-state index in [4.69, 9.17) is 0 Å². The Morgan fingerprint density at radius 2 is 1.57 bits per heavy atom. The SMILES string of the molecule is [CH-]1C[CH-]CCC1.[Y]. The summed E-state index contributed by atoms with van der Waals surface area (Å²) in [5, 5.41) is 0. The Labute approximate surface area is 70.9 Å². The van der Waals surface area contributed by atoms with Crippen LogP contribution in [-0.2, 0) is 32.7 Å². The third-order valence-electron chi connectivity index (χ3n) is 1.15. The topological polar surface area (TPSA) is 0 Å². The quantitative estimate of drug-likeness (QED) is 0.488. The Bertz CT molecular complexity index is 19.7. The molecule has 0 saturated heterocycles. The van der Waals surface area contributed by atoms with Crippen LogP contribution in [0.25, 0.3) is 0 Å². The van der Waals surface area contributed by atoms with Crippen molar-refractivity contribution in [3.8, 4) is 0 Å². The van der Waals surface area contributed by atoms with Crippen LogP contribution in [0.3, 0.4) is 0 Å². The maximum atomic E-state index is 2.34. The Morgan fingerprint density at radius 3 is 1.71 bits per heavy atom. The summed E-state index contributed by atoms with van der Waals surface area (Å²) in [7, 11) is 0. The summed E-state index contributed by atoms with van der Waals surface area (Å²) in [6, 6.07) is 0. The van der Waals surface area contributed by atoms with Gasteiger partial charge in [0.05, 0.1) is 0 Å². The fourth-order valence-electron chi connectivity index (χ4n) is 0.760. The Hall–Kier alpha value is 1.10. The first-order chi connectivity index (χ1) is 3.00. The zero-order valence-corrected chi connectivity index (χ0v) is 7.40. The predicted octanol–water partition coefficient (Wildman–Crippen LogP) is 1.97. The molecule has 0 spiro atoms. The van der Waals surface area contributed by atoms with Crippen LogP contribution in [0.4, 0.5) is 0 Å². The third kappa shape index (κ3) is 3.67. The number of hydrogen-bond donors (Lipinski definition) is 0. The van der Waals surface area contributed by atoms with Gasteiger partial charge in [-0.1, -0.05) is 0 Å². The zero-order chi connectivity index (χ0) is 4.24. The summed E-state index contributed by atoms with van der Waals surface area (Å²) in [5.74, 6) is 0. The molecule has 0 aromatic rings. The summed E-state index contributed by atoms with van der Waals surface area (Å²) in [4.78, 5) is 0. The summed E-state index contributed by atoms with van der Waals surface area (Å²) in [6.45, 7) is 0. The molecule has 0 unspecified atom stereocenters. The first-order valence-corrected chi connectivity index (χ1v) is 2.63. The molecule has 0 heterocycles. The average Bonchev–Trinajstić information content (AvgIpc) is 1.72. The molecule has 7 heavy (non-hydrogen) atoms. The Balaban J connectivity index is 0.000000360. The molecule has 0 aromatic carbocycles. The molecule has 0 aliphatic heterocycles. The maximum Gasteiger partial charge on any atom is 0 e. The normalized spacial score (nSPS) is 20.6. The predicted molar refractivity (Wildman–Crippen MR) is 27.1 cm³/mol. The summed E-state index contributed by atoms with van der Waals surface area (Å²) in [6.07, 6.45) is 10.0. The van der Waals surface area contributed by atoms with Crippen molar-refractivity contribution in [2.45, 2.75) is 25.7 Å². The summed E-state index contributed by atoms with van der Waals surface area (Å²) in [5.41, 5.74) is 0. The van der Waals surface area contributed by atoms with Crippen molar-refractivity contribution >= 4 is 0 Å². The summed E-state index contributed by atoms with van der Waals surface area (Å²) < 4.78 is 0. The number of hydrogen-bond acceptors (Lipinski definition) is 0. The molecule has 1 heteroatoms. The van der Waals surface area contributed by atoms with Gasteiger partial charge in [0.15, 0.2) is 0 Å². The largest absolute Gasteiger partial charge is 0.357 e. The van der Waals surface area contributed by atoms with Crippen LogP contribution in [0.2, 0.25) is 0 Å². The maximum absolute atomic E-state index is 2.34. The molecule has 0 nitrogen and oxygen atoms in total. The van der Waals surface area contributed by atoms with Gasteiger partial charge in [-0.15, -0.1) is 6.42 Å². The molecule has 0 aromatic heterocycles. The fraction of sp³-hybridized carbons (Fsp3) is 0.667. The van der Waals surface area contributed by atoms with E-state index >= 15 is 0 Å². The smallest absolute Gasteiger partial charge is 0 e. The van der Waals surface area contributed by atoms with Gasteiger partial charge in [0.25, 0.3) is 0 Å². The van der Waals surface area contributed by atoms with Crippen LogP contribution in [-0.4, -0.2) is 0 Å². The van der Waals surface area contributed by atoms with Gasteiger partial charge in [-0.3, -0.25) is 0 Å². The summed E-state index contributed by atoms with van der Waals surface area (Å²) >= 11 is 0. The van der Waals surface area contributed by atoms with Crippen molar-refractivity contribution in [3.05, 3.63) is 12.8 Å². The first kappa shape index (κ1) is 8.10. The second-order valence-electron chi connectivity index (χ2n) is 1.74. The van der Waals surface area contributed by atoms with Gasteiger partial charge in [0.1, 0.15) is 0 Å². The van der Waals surface area contributed by atoms with Gasteiger partial charge in [0, 0.05) is 32.7 Å². The fourth-order valence-corrected chi connectivity index (χ4v) is 0.760. The van der Waals surface area contributed by atoms with E-state index in [0.29, 0.717) is 0 Å². The third-order valence-corrected chi connectivity index (χ3v) is 1.15. The van der Waals surface area contributed by atoms with Crippen molar-refractivity contribution in [2.75, 3.05) is 0 Å². The second-order valence-corrected chi connectivity index (χ2v) is 1.74. The molecule has 1 radical (unpaired) electrons. The van der Waals surface area contributed by atoms with Gasteiger partial charge in [-0.05, 0) is 0 Å². The Morgan fingerprint density at radius 1 is 1.00 bits per heavy atom. The molecule has 39 valence electrons. The molecule has 1 aliphatic rings. The van der Waals surface area contributed by atoms with E-state index in [1.54, 1.807) is 0 Å². The van der Waals surface area contributed by atoms with E-state index in [1.165, 1.54) is 25.7 Å². The minimum atomic E-state index is 0. The van der Waals surface area contributed by atoms with Crippen LogP contribution in [0, 0.1) is 12.8 Å². The average molecular weight is 171 g/mol. The van der Waals surface area contributed by atoms with E-state index in [0.717, 1.165) is 0 Å². The molecule has 0 atom stereocenters. The van der Waals surface area contributed by atoms with Gasteiger partial charge < -0.3 is 19.3 Å². The van der Waals surface area contributed by atoms with Crippen LogP contribution in [0.1, 0.15) is 25.7 Å². The van der Waals surface area contributed by atoms with Crippen molar-refractivity contribution in [3.63, 3.8) is 0 Å². The monoisotopic (exact) mass is 171 g/mol. The van der Waals surface area contributed by atoms with Crippen LogP contribution < -0.4 is 0 Å². The van der Waals surface area contributed by atoms with E-state index in [1.807, 2.05) is 0 Å². The molecule has 1 saturated carbocycles. The zero-order valence-electron chi connectivity index (χ0n) is 4.56. The molecular formula is C6H10Y-2. The molecule has 1 fully saturated rings. The molecule has 0 bridgehead atoms. The van der Waals surface area contributed by atoms with E-state index in [-0.39, 0.29) is 32.7 Å². The van der Waals surface area contributed by atoms with Crippen molar-refractivity contribution < 1.29 is 32.7 Å². The van der Waals surface area contributed by atoms with Crippen LogP contribution >= 0.6 is 0 Å². The first-order valence-electron chi connectivity index (χ1n) is 2.63. The van der Waals surface area contributed by atoms with Crippen molar-refractivity contribution in [1.29, 1.82) is 0 Å². The van der Waals surface area contributed by atoms with E-state index in [9.17, 15) is 0 Å². The molecule has 0 N–H and O–H groups in total. The molecular weight excluding hydrogens is 161 g/mol. The van der Waals surface area contributed by atoms with Gasteiger partial charge in [-0.2, -0.15) is 12.8 Å². The molecule has 0 amide bonds. The van der Waals surface area contributed by atoms with Gasteiger partial charge >= 0.3 is 0 Å². The molecule has 1 rings (SSSR count).